The van der Waals surface area contributed by atoms with E-state index in [1.165, 1.54) is 0 Å². The van der Waals surface area contributed by atoms with Crippen LogP contribution in [0.2, 0.25) is 0 Å². The van der Waals surface area contributed by atoms with Gasteiger partial charge in [0, 0.05) is 57.8 Å². The molecule has 0 aliphatic carbocycles. The number of ether oxygens (including phenoxy) is 3. The van der Waals surface area contributed by atoms with Gasteiger partial charge in [-0.15, -0.1) is 0 Å². The zero-order chi connectivity index (χ0) is 31.6. The smallest absolute Gasteiger partial charge is 0.318 e. The van der Waals surface area contributed by atoms with Crippen molar-refractivity contribution in [1.82, 2.24) is 29.5 Å². The van der Waals surface area contributed by atoms with Crippen molar-refractivity contribution in [2.24, 2.45) is 0 Å². The number of halogens is 1. The van der Waals surface area contributed by atoms with Gasteiger partial charge in [0.05, 0.1) is 43.3 Å². The topological polar surface area (TPSA) is 124 Å². The standard InChI is InChI=1S/C33H41FN8O4/c1-39(2)30(43)27-12-24-16-40(8-4-10-42(24)38-27)29-25-18-46-33(20-44-17-21-5-6-23(35)11-26(21)33)14-28(25)36-31(37-29)45-19-32-7-3-9-41(32)15-22(34)13-32/h5-6,11-12,22H,3-4,7-10,13-20,35H2,1-2H3/t22-,32+,33?/m1/s1. The average molecular weight is 633 g/mol. The molecule has 2 aromatic heterocycles. The minimum atomic E-state index is -0.842. The van der Waals surface area contributed by atoms with Crippen LogP contribution in [0.3, 0.4) is 0 Å². The van der Waals surface area contributed by atoms with Crippen LogP contribution in [0.4, 0.5) is 15.9 Å². The van der Waals surface area contributed by atoms with E-state index in [1.807, 2.05) is 28.9 Å². The molecule has 8 rings (SSSR count). The summed E-state index contributed by atoms with van der Waals surface area (Å²) in [6, 6.07) is 8.06. The zero-order valence-corrected chi connectivity index (χ0v) is 26.5. The minimum Gasteiger partial charge on any atom is -0.461 e. The maximum atomic E-state index is 14.6. The highest BCUT2D eigenvalue weighted by Gasteiger charge is 2.50. The van der Waals surface area contributed by atoms with E-state index in [2.05, 4.69) is 14.9 Å². The zero-order valence-electron chi connectivity index (χ0n) is 26.5. The first-order valence-electron chi connectivity index (χ1n) is 16.3. The quantitative estimate of drug-likeness (QED) is 0.420. The van der Waals surface area contributed by atoms with Crippen LogP contribution >= 0.6 is 0 Å². The predicted octanol–water partition coefficient (Wildman–Crippen LogP) is 2.82. The number of alkyl halides is 1. The van der Waals surface area contributed by atoms with Gasteiger partial charge in [0.15, 0.2) is 5.69 Å². The van der Waals surface area contributed by atoms with E-state index in [4.69, 9.17) is 29.9 Å². The fourth-order valence-electron chi connectivity index (χ4n) is 8.08. The molecule has 244 valence electrons. The summed E-state index contributed by atoms with van der Waals surface area (Å²) < 4.78 is 35.7. The van der Waals surface area contributed by atoms with Crippen molar-refractivity contribution in [2.45, 2.75) is 75.7 Å². The Bertz CT molecular complexity index is 1680. The second-order valence-corrected chi connectivity index (χ2v) is 13.7. The summed E-state index contributed by atoms with van der Waals surface area (Å²) in [4.78, 5) is 28.7. The van der Waals surface area contributed by atoms with Crippen molar-refractivity contribution in [3.05, 3.63) is 58.0 Å². The normalized spacial score (nSPS) is 27.1. The minimum absolute atomic E-state index is 0.126. The molecular weight excluding hydrogens is 591 g/mol. The number of rotatable bonds is 5. The molecule has 0 saturated carbocycles. The number of carbonyl (C=O) groups excluding carboxylic acids is 1. The van der Waals surface area contributed by atoms with Crippen molar-refractivity contribution in [3.8, 4) is 6.01 Å². The first-order chi connectivity index (χ1) is 22.2. The van der Waals surface area contributed by atoms with Crippen LogP contribution in [-0.4, -0.2) is 94.1 Å². The summed E-state index contributed by atoms with van der Waals surface area (Å²) in [6.45, 7) is 4.84. The van der Waals surface area contributed by atoms with Crippen molar-refractivity contribution in [3.63, 3.8) is 0 Å². The van der Waals surface area contributed by atoms with Crippen molar-refractivity contribution in [1.29, 1.82) is 0 Å². The maximum Gasteiger partial charge on any atom is 0.318 e. The van der Waals surface area contributed by atoms with Crippen LogP contribution in [0.5, 0.6) is 6.01 Å². The molecule has 3 atom stereocenters. The Balaban J connectivity index is 1.16. The van der Waals surface area contributed by atoms with Gasteiger partial charge in [-0.1, -0.05) is 6.07 Å². The number of amides is 1. The number of hydrogen-bond acceptors (Lipinski definition) is 10. The highest BCUT2D eigenvalue weighted by molar-refractivity contribution is 5.92. The number of anilines is 2. The van der Waals surface area contributed by atoms with E-state index in [-0.39, 0.29) is 11.4 Å². The summed E-state index contributed by atoms with van der Waals surface area (Å²) in [5.41, 5.74) is 11.1. The van der Waals surface area contributed by atoms with Crippen LogP contribution in [0, 0.1) is 0 Å². The Morgan fingerprint density at radius 1 is 1.17 bits per heavy atom. The molecule has 46 heavy (non-hydrogen) atoms. The largest absolute Gasteiger partial charge is 0.461 e. The summed E-state index contributed by atoms with van der Waals surface area (Å²) in [5.74, 6) is 0.629. The SMILES string of the molecule is CN(C)C(=O)c1cc2n(n1)CCCN(c1nc(OC[C@@]34CCCN3C[C@H](F)C4)nc3c1COC1(COCc4ccc(N)cc41)C3)C2. The molecule has 2 fully saturated rings. The first-order valence-corrected chi connectivity index (χ1v) is 16.3. The highest BCUT2D eigenvalue weighted by atomic mass is 19.1. The van der Waals surface area contributed by atoms with Gasteiger partial charge in [0.25, 0.3) is 5.91 Å². The maximum absolute atomic E-state index is 14.6. The molecule has 5 aliphatic rings. The molecule has 5 aliphatic heterocycles. The summed E-state index contributed by atoms with van der Waals surface area (Å²) >= 11 is 0. The molecule has 0 bridgehead atoms. The molecule has 1 unspecified atom stereocenters. The van der Waals surface area contributed by atoms with E-state index in [9.17, 15) is 9.18 Å². The molecule has 7 heterocycles. The van der Waals surface area contributed by atoms with E-state index in [0.29, 0.717) is 76.3 Å². The molecule has 1 spiro atoms. The van der Waals surface area contributed by atoms with E-state index < -0.39 is 11.8 Å². The number of benzene rings is 1. The number of nitrogens with two attached hydrogens (primary N) is 1. The fraction of sp³-hybridized carbons (Fsp3) is 0.576. The van der Waals surface area contributed by atoms with Crippen LogP contribution in [0.1, 0.15) is 64.2 Å². The van der Waals surface area contributed by atoms with Crippen molar-refractivity contribution < 1.29 is 23.4 Å². The molecule has 0 radical (unpaired) electrons. The molecular formula is C33H41FN8O4. The van der Waals surface area contributed by atoms with Gasteiger partial charge < -0.3 is 29.7 Å². The molecule has 13 heteroatoms. The number of carbonyl (C=O) groups is 1. The van der Waals surface area contributed by atoms with E-state index >= 15 is 0 Å². The summed E-state index contributed by atoms with van der Waals surface area (Å²) in [6.07, 6.45) is 2.87. The van der Waals surface area contributed by atoms with E-state index in [0.717, 1.165) is 66.2 Å². The second-order valence-electron chi connectivity index (χ2n) is 13.7. The Labute approximate surface area is 267 Å². The Hall–Kier alpha value is -3.81. The number of nitrogen functional groups attached to an aromatic ring is 1. The molecule has 3 aromatic rings. The number of fused-ring (bicyclic) bond motifs is 5. The Kier molecular flexibility index (Phi) is 7.18. The molecule has 12 nitrogen and oxygen atoms in total. The van der Waals surface area contributed by atoms with Crippen molar-refractivity contribution in [2.75, 3.05) is 57.6 Å². The number of aryl methyl sites for hydroxylation is 1. The molecule has 2 N–H and O–H groups in total. The highest BCUT2D eigenvalue weighted by Crippen LogP contribution is 2.44. The Morgan fingerprint density at radius 3 is 2.93 bits per heavy atom. The first kappa shape index (κ1) is 29.6. The Morgan fingerprint density at radius 2 is 2.07 bits per heavy atom. The second kappa shape index (κ2) is 11.2. The molecule has 1 aromatic carbocycles. The lowest BCUT2D eigenvalue weighted by Gasteiger charge is -2.42. The van der Waals surface area contributed by atoms with Gasteiger partial charge in [0.2, 0.25) is 0 Å². The van der Waals surface area contributed by atoms with Gasteiger partial charge in [-0.05, 0) is 55.1 Å². The van der Waals surface area contributed by atoms with Crippen LogP contribution in [0.25, 0.3) is 0 Å². The van der Waals surface area contributed by atoms with Crippen LogP contribution < -0.4 is 15.4 Å². The average Bonchev–Trinajstić information content (AvgIpc) is 3.66. The lowest BCUT2D eigenvalue weighted by atomic mass is 9.82. The summed E-state index contributed by atoms with van der Waals surface area (Å²) in [7, 11) is 3.46. The fourth-order valence-corrected chi connectivity index (χ4v) is 8.08. The van der Waals surface area contributed by atoms with Crippen LogP contribution in [0.15, 0.2) is 24.3 Å². The predicted molar refractivity (Wildman–Crippen MR) is 167 cm³/mol. The third-order valence-corrected chi connectivity index (χ3v) is 10.4. The summed E-state index contributed by atoms with van der Waals surface area (Å²) in [5, 5.41) is 4.62. The third-order valence-electron chi connectivity index (χ3n) is 10.4. The number of hydrogen-bond donors (Lipinski definition) is 1. The lowest BCUT2D eigenvalue weighted by molar-refractivity contribution is -0.136. The molecule has 1 amide bonds. The van der Waals surface area contributed by atoms with Crippen LogP contribution in [-0.2, 0) is 47.8 Å². The van der Waals surface area contributed by atoms with E-state index in [1.54, 1.807) is 19.0 Å². The monoisotopic (exact) mass is 632 g/mol. The molecule has 2 saturated heterocycles. The van der Waals surface area contributed by atoms with Gasteiger partial charge >= 0.3 is 6.01 Å². The van der Waals surface area contributed by atoms with Gasteiger partial charge in [0.1, 0.15) is 24.2 Å². The lowest BCUT2D eigenvalue weighted by Crippen LogP contribution is -2.45. The van der Waals surface area contributed by atoms with Crippen molar-refractivity contribution >= 4 is 17.4 Å². The number of nitrogens with zero attached hydrogens (tertiary/aromatic N) is 7. The third kappa shape index (κ3) is 4.99. The van der Waals surface area contributed by atoms with Gasteiger partial charge in [-0.25, -0.2) is 4.39 Å². The van der Waals surface area contributed by atoms with Gasteiger partial charge in [-0.3, -0.25) is 14.4 Å². The number of aromatic nitrogens is 4. The van der Waals surface area contributed by atoms with Gasteiger partial charge in [-0.2, -0.15) is 15.1 Å².